The van der Waals surface area contributed by atoms with Crippen molar-refractivity contribution in [3.05, 3.63) is 23.2 Å². The maximum atomic E-state index is 12.2. The Morgan fingerprint density at radius 2 is 2.00 bits per heavy atom. The van der Waals surface area contributed by atoms with Crippen LogP contribution >= 0.6 is 23.1 Å². The summed E-state index contributed by atoms with van der Waals surface area (Å²) in [5.74, 6) is 1.34. The van der Waals surface area contributed by atoms with Crippen LogP contribution < -0.4 is 5.32 Å². The topological polar surface area (TPSA) is 88.3 Å². The van der Waals surface area contributed by atoms with Crippen molar-refractivity contribution in [1.82, 2.24) is 15.1 Å². The lowest BCUT2D eigenvalue weighted by Gasteiger charge is -2.17. The second-order valence-electron chi connectivity index (χ2n) is 5.01. The van der Waals surface area contributed by atoms with E-state index in [9.17, 15) is 9.59 Å². The van der Waals surface area contributed by atoms with Gasteiger partial charge in [-0.05, 0) is 33.8 Å². The SMILES string of the molecule is CCN(CC)C(=O)CSc1nnc(NC(=O)c2cc(C)oc2C)s1. The van der Waals surface area contributed by atoms with Crippen LogP contribution in [-0.2, 0) is 4.79 Å². The Kier molecular flexibility index (Phi) is 6.38. The van der Waals surface area contributed by atoms with Crippen LogP contribution in [0.25, 0.3) is 0 Å². The van der Waals surface area contributed by atoms with Crippen LogP contribution in [0.15, 0.2) is 14.8 Å². The van der Waals surface area contributed by atoms with Crippen LogP contribution in [0.4, 0.5) is 5.13 Å². The van der Waals surface area contributed by atoms with E-state index in [-0.39, 0.29) is 11.8 Å². The fourth-order valence-electron chi connectivity index (χ4n) is 2.13. The van der Waals surface area contributed by atoms with Crippen LogP contribution in [-0.4, -0.2) is 45.8 Å². The van der Waals surface area contributed by atoms with Gasteiger partial charge in [-0.25, -0.2) is 0 Å². The molecule has 0 fully saturated rings. The van der Waals surface area contributed by atoms with Gasteiger partial charge in [0.1, 0.15) is 11.5 Å². The molecule has 0 bridgehead atoms. The van der Waals surface area contributed by atoms with Gasteiger partial charge in [0, 0.05) is 13.1 Å². The maximum absolute atomic E-state index is 12.2. The molecule has 2 aromatic heterocycles. The van der Waals surface area contributed by atoms with Gasteiger partial charge in [0.25, 0.3) is 5.91 Å². The van der Waals surface area contributed by atoms with Crippen LogP contribution in [0, 0.1) is 13.8 Å². The first-order chi connectivity index (χ1) is 11.4. The highest BCUT2D eigenvalue weighted by Gasteiger charge is 2.17. The fraction of sp³-hybridized carbons (Fsp3) is 0.467. The first-order valence-corrected chi connectivity index (χ1v) is 9.37. The predicted molar refractivity (Wildman–Crippen MR) is 94.7 cm³/mol. The van der Waals surface area contributed by atoms with E-state index in [1.807, 2.05) is 13.8 Å². The number of rotatable bonds is 7. The Morgan fingerprint density at radius 1 is 1.29 bits per heavy atom. The number of amides is 2. The third-order valence-corrected chi connectivity index (χ3v) is 5.30. The summed E-state index contributed by atoms with van der Waals surface area (Å²) in [6, 6.07) is 1.68. The molecule has 0 spiro atoms. The zero-order valence-electron chi connectivity index (χ0n) is 14.1. The molecule has 0 radical (unpaired) electrons. The summed E-state index contributed by atoms with van der Waals surface area (Å²) in [7, 11) is 0. The fourth-order valence-corrected chi connectivity index (χ4v) is 3.78. The Morgan fingerprint density at radius 3 is 2.58 bits per heavy atom. The van der Waals surface area contributed by atoms with E-state index in [1.165, 1.54) is 23.1 Å². The standard InChI is InChI=1S/C15H20N4O3S2/c1-5-19(6-2)12(20)8-23-15-18-17-14(24-15)16-13(21)11-7-9(3)22-10(11)4/h7H,5-6,8H2,1-4H3,(H,16,17,21). The minimum atomic E-state index is -0.281. The number of hydrogen-bond acceptors (Lipinski definition) is 7. The molecule has 0 aliphatic carbocycles. The van der Waals surface area contributed by atoms with Gasteiger partial charge in [-0.3, -0.25) is 14.9 Å². The Bertz CT molecular complexity index is 722. The number of aromatic nitrogens is 2. The highest BCUT2D eigenvalue weighted by Crippen LogP contribution is 2.26. The molecular formula is C15H20N4O3S2. The number of carbonyl (C=O) groups excluding carboxylic acids is 2. The Labute approximate surface area is 148 Å². The average Bonchev–Trinajstić information content (AvgIpc) is 3.12. The van der Waals surface area contributed by atoms with E-state index in [2.05, 4.69) is 15.5 Å². The normalized spacial score (nSPS) is 10.7. The molecule has 0 aromatic carbocycles. The number of nitrogens with one attached hydrogen (secondary N) is 1. The number of furan rings is 1. The van der Waals surface area contributed by atoms with Gasteiger partial charge in [0.05, 0.1) is 11.3 Å². The van der Waals surface area contributed by atoms with Crippen molar-refractivity contribution in [1.29, 1.82) is 0 Å². The summed E-state index contributed by atoms with van der Waals surface area (Å²) in [4.78, 5) is 25.9. The second kappa shape index (κ2) is 8.29. The molecule has 1 N–H and O–H groups in total. The van der Waals surface area contributed by atoms with Crippen molar-refractivity contribution < 1.29 is 14.0 Å². The van der Waals surface area contributed by atoms with Gasteiger partial charge in [0.15, 0.2) is 4.34 Å². The molecule has 0 saturated heterocycles. The van der Waals surface area contributed by atoms with Crippen molar-refractivity contribution in [2.75, 3.05) is 24.2 Å². The summed E-state index contributed by atoms with van der Waals surface area (Å²) in [6.45, 7) is 8.81. The third kappa shape index (κ3) is 4.57. The van der Waals surface area contributed by atoms with E-state index >= 15 is 0 Å². The molecule has 2 heterocycles. The lowest BCUT2D eigenvalue weighted by atomic mass is 10.2. The van der Waals surface area contributed by atoms with Crippen LogP contribution in [0.1, 0.15) is 35.7 Å². The molecule has 2 amide bonds. The molecule has 0 unspecified atom stereocenters. The molecule has 0 aliphatic heterocycles. The van der Waals surface area contributed by atoms with Gasteiger partial charge >= 0.3 is 0 Å². The van der Waals surface area contributed by atoms with E-state index in [1.54, 1.807) is 24.8 Å². The smallest absolute Gasteiger partial charge is 0.261 e. The molecule has 130 valence electrons. The highest BCUT2D eigenvalue weighted by atomic mass is 32.2. The largest absolute Gasteiger partial charge is 0.466 e. The molecule has 9 heteroatoms. The monoisotopic (exact) mass is 368 g/mol. The van der Waals surface area contributed by atoms with E-state index < -0.39 is 0 Å². The van der Waals surface area contributed by atoms with Gasteiger partial charge in [-0.2, -0.15) is 0 Å². The minimum Gasteiger partial charge on any atom is -0.466 e. The Balaban J connectivity index is 1.92. The van der Waals surface area contributed by atoms with E-state index in [4.69, 9.17) is 4.42 Å². The third-order valence-electron chi connectivity index (χ3n) is 3.35. The summed E-state index contributed by atoms with van der Waals surface area (Å²) >= 11 is 2.57. The average molecular weight is 368 g/mol. The summed E-state index contributed by atoms with van der Waals surface area (Å²) < 4.78 is 5.99. The maximum Gasteiger partial charge on any atom is 0.261 e. The first kappa shape index (κ1) is 18.5. The van der Waals surface area contributed by atoms with Crippen molar-refractivity contribution in [2.24, 2.45) is 0 Å². The molecule has 2 rings (SSSR count). The van der Waals surface area contributed by atoms with Crippen molar-refractivity contribution >= 4 is 40.0 Å². The zero-order chi connectivity index (χ0) is 17.7. The zero-order valence-corrected chi connectivity index (χ0v) is 15.7. The second-order valence-corrected chi connectivity index (χ2v) is 7.21. The molecule has 24 heavy (non-hydrogen) atoms. The quantitative estimate of drug-likeness (QED) is 0.597. The number of carbonyl (C=O) groups is 2. The van der Waals surface area contributed by atoms with Gasteiger partial charge in [0.2, 0.25) is 11.0 Å². The first-order valence-electron chi connectivity index (χ1n) is 7.57. The van der Waals surface area contributed by atoms with Gasteiger partial charge in [-0.15, -0.1) is 10.2 Å². The molecule has 0 atom stereocenters. The number of aryl methyl sites for hydroxylation is 2. The van der Waals surface area contributed by atoms with Crippen molar-refractivity contribution in [3.63, 3.8) is 0 Å². The lowest BCUT2D eigenvalue weighted by Crippen LogP contribution is -2.31. The molecular weight excluding hydrogens is 348 g/mol. The van der Waals surface area contributed by atoms with Crippen LogP contribution in [0.5, 0.6) is 0 Å². The summed E-state index contributed by atoms with van der Waals surface area (Å²) in [6.07, 6.45) is 0. The number of nitrogens with zero attached hydrogens (tertiary/aromatic N) is 3. The Hall–Kier alpha value is -1.87. The van der Waals surface area contributed by atoms with Crippen LogP contribution in [0.2, 0.25) is 0 Å². The molecule has 7 nitrogen and oxygen atoms in total. The van der Waals surface area contributed by atoms with Crippen LogP contribution in [0.3, 0.4) is 0 Å². The van der Waals surface area contributed by atoms with E-state index in [0.29, 0.717) is 45.4 Å². The lowest BCUT2D eigenvalue weighted by molar-refractivity contribution is -0.127. The number of hydrogen-bond donors (Lipinski definition) is 1. The van der Waals surface area contributed by atoms with Gasteiger partial charge < -0.3 is 9.32 Å². The summed E-state index contributed by atoms with van der Waals surface area (Å²) in [5, 5.41) is 11.0. The van der Waals surface area contributed by atoms with Gasteiger partial charge in [-0.1, -0.05) is 23.1 Å². The minimum absolute atomic E-state index is 0.0651. The number of anilines is 1. The number of thioether (sulfide) groups is 1. The van der Waals surface area contributed by atoms with E-state index in [0.717, 1.165) is 0 Å². The molecule has 2 aromatic rings. The molecule has 0 saturated carbocycles. The summed E-state index contributed by atoms with van der Waals surface area (Å²) in [5.41, 5.74) is 0.480. The predicted octanol–water partition coefficient (Wildman–Crippen LogP) is 2.96. The van der Waals surface area contributed by atoms with Crippen molar-refractivity contribution in [3.8, 4) is 0 Å². The highest BCUT2D eigenvalue weighted by molar-refractivity contribution is 8.01. The van der Waals surface area contributed by atoms with Crippen molar-refractivity contribution in [2.45, 2.75) is 32.0 Å². The molecule has 0 aliphatic rings.